The minimum atomic E-state index is 0.844. The van der Waals surface area contributed by atoms with E-state index in [1.807, 2.05) is 18.2 Å². The number of benzene rings is 2. The molecule has 0 N–H and O–H groups in total. The molecule has 1 aliphatic rings. The SMILES string of the molecule is C1=CCc2oc3ccccc3c2C(c2ccccc2)=C1. The van der Waals surface area contributed by atoms with E-state index in [1.54, 1.807) is 0 Å². The molecule has 20 heavy (non-hydrogen) atoms. The number of hydrogen-bond acceptors (Lipinski definition) is 1. The predicted molar refractivity (Wildman–Crippen MR) is 82.6 cm³/mol. The Balaban J connectivity index is 2.03. The van der Waals surface area contributed by atoms with Crippen molar-refractivity contribution < 1.29 is 4.42 Å². The fourth-order valence-electron chi connectivity index (χ4n) is 2.82. The highest BCUT2D eigenvalue weighted by Crippen LogP contribution is 2.36. The molecule has 96 valence electrons. The smallest absolute Gasteiger partial charge is 0.134 e. The molecule has 0 unspecified atom stereocenters. The lowest BCUT2D eigenvalue weighted by molar-refractivity contribution is 0.564. The summed E-state index contributed by atoms with van der Waals surface area (Å²) < 4.78 is 6.03. The zero-order chi connectivity index (χ0) is 13.4. The van der Waals surface area contributed by atoms with Gasteiger partial charge in [-0.2, -0.15) is 0 Å². The lowest BCUT2D eigenvalue weighted by Gasteiger charge is -2.06. The second-order valence-electron chi connectivity index (χ2n) is 4.98. The molecule has 4 rings (SSSR count). The number of furan rings is 1. The van der Waals surface area contributed by atoms with Crippen LogP contribution in [0.25, 0.3) is 16.5 Å². The van der Waals surface area contributed by atoms with Gasteiger partial charge in [0.1, 0.15) is 11.3 Å². The van der Waals surface area contributed by atoms with Gasteiger partial charge in [0.2, 0.25) is 0 Å². The molecule has 0 spiro atoms. The highest BCUT2D eigenvalue weighted by molar-refractivity contribution is 5.97. The predicted octanol–water partition coefficient (Wildman–Crippen LogP) is 4.98. The lowest BCUT2D eigenvalue weighted by Crippen LogP contribution is -1.89. The Kier molecular flexibility index (Phi) is 2.56. The minimum absolute atomic E-state index is 0.844. The van der Waals surface area contributed by atoms with Gasteiger partial charge >= 0.3 is 0 Å². The molecule has 0 fully saturated rings. The van der Waals surface area contributed by atoms with Crippen molar-refractivity contribution in [2.24, 2.45) is 0 Å². The Morgan fingerprint density at radius 1 is 0.850 bits per heavy atom. The van der Waals surface area contributed by atoms with Crippen molar-refractivity contribution in [3.8, 4) is 0 Å². The van der Waals surface area contributed by atoms with E-state index in [0.29, 0.717) is 0 Å². The molecule has 0 atom stereocenters. The summed E-state index contributed by atoms with van der Waals surface area (Å²) in [6, 6.07) is 18.8. The summed E-state index contributed by atoms with van der Waals surface area (Å²) in [5.41, 5.74) is 4.66. The van der Waals surface area contributed by atoms with E-state index in [-0.39, 0.29) is 0 Å². The summed E-state index contributed by atoms with van der Waals surface area (Å²) in [5.74, 6) is 1.05. The Bertz CT molecular complexity index is 819. The number of allylic oxidation sites excluding steroid dienone is 3. The molecule has 1 heteroatoms. The third-order valence-electron chi connectivity index (χ3n) is 3.72. The summed E-state index contributed by atoms with van der Waals surface area (Å²) in [6.45, 7) is 0. The molecule has 0 saturated heterocycles. The number of fused-ring (bicyclic) bond motifs is 3. The van der Waals surface area contributed by atoms with E-state index in [2.05, 4.69) is 54.6 Å². The Morgan fingerprint density at radius 3 is 2.55 bits per heavy atom. The summed E-state index contributed by atoms with van der Waals surface area (Å²) in [6.07, 6.45) is 7.30. The van der Waals surface area contributed by atoms with E-state index in [4.69, 9.17) is 4.42 Å². The molecule has 1 nitrogen and oxygen atoms in total. The first-order valence-electron chi connectivity index (χ1n) is 6.86. The van der Waals surface area contributed by atoms with Crippen LogP contribution < -0.4 is 0 Å². The molecule has 0 bridgehead atoms. The summed E-state index contributed by atoms with van der Waals surface area (Å²) >= 11 is 0. The van der Waals surface area contributed by atoms with Gasteiger partial charge < -0.3 is 4.42 Å². The fraction of sp³-hybridized carbons (Fsp3) is 0.0526. The average molecular weight is 258 g/mol. The molecule has 3 aromatic rings. The minimum Gasteiger partial charge on any atom is -0.460 e. The summed E-state index contributed by atoms with van der Waals surface area (Å²) in [4.78, 5) is 0. The molecule has 0 aliphatic heterocycles. The fourth-order valence-corrected chi connectivity index (χ4v) is 2.82. The van der Waals surface area contributed by atoms with Crippen LogP contribution in [0.3, 0.4) is 0 Å². The van der Waals surface area contributed by atoms with Crippen LogP contribution in [-0.4, -0.2) is 0 Å². The van der Waals surface area contributed by atoms with E-state index in [9.17, 15) is 0 Å². The van der Waals surface area contributed by atoms with Gasteiger partial charge in [0, 0.05) is 17.4 Å². The Morgan fingerprint density at radius 2 is 1.65 bits per heavy atom. The molecule has 0 radical (unpaired) electrons. The van der Waals surface area contributed by atoms with E-state index in [1.165, 1.54) is 22.1 Å². The summed E-state index contributed by atoms with van der Waals surface area (Å²) in [7, 11) is 0. The van der Waals surface area contributed by atoms with Crippen molar-refractivity contribution >= 4 is 16.5 Å². The molecular weight excluding hydrogens is 244 g/mol. The largest absolute Gasteiger partial charge is 0.460 e. The third-order valence-corrected chi connectivity index (χ3v) is 3.72. The van der Waals surface area contributed by atoms with Crippen LogP contribution in [0.1, 0.15) is 16.9 Å². The molecule has 1 heterocycles. The monoisotopic (exact) mass is 258 g/mol. The van der Waals surface area contributed by atoms with Gasteiger partial charge in [-0.3, -0.25) is 0 Å². The van der Waals surface area contributed by atoms with Crippen LogP contribution >= 0.6 is 0 Å². The second kappa shape index (κ2) is 4.53. The molecular formula is C19H14O. The van der Waals surface area contributed by atoms with Gasteiger partial charge in [-0.05, 0) is 17.2 Å². The van der Waals surface area contributed by atoms with Gasteiger partial charge in [-0.15, -0.1) is 0 Å². The quantitative estimate of drug-likeness (QED) is 0.600. The molecule has 1 aliphatic carbocycles. The van der Waals surface area contributed by atoms with E-state index in [0.717, 1.165) is 17.8 Å². The molecule has 0 saturated carbocycles. The maximum atomic E-state index is 6.03. The van der Waals surface area contributed by atoms with Crippen LogP contribution in [0.15, 0.2) is 77.2 Å². The average Bonchev–Trinajstić information content (AvgIpc) is 2.74. The van der Waals surface area contributed by atoms with Gasteiger partial charge in [-0.1, -0.05) is 66.8 Å². The number of rotatable bonds is 1. The van der Waals surface area contributed by atoms with Crippen LogP contribution in [0.2, 0.25) is 0 Å². The first-order chi connectivity index (χ1) is 9.93. The van der Waals surface area contributed by atoms with Crippen LogP contribution in [-0.2, 0) is 6.42 Å². The molecule has 2 aromatic carbocycles. The Labute approximate surface area is 117 Å². The van der Waals surface area contributed by atoms with Crippen molar-refractivity contribution in [1.82, 2.24) is 0 Å². The van der Waals surface area contributed by atoms with Crippen molar-refractivity contribution in [1.29, 1.82) is 0 Å². The van der Waals surface area contributed by atoms with E-state index < -0.39 is 0 Å². The summed E-state index contributed by atoms with van der Waals surface area (Å²) in [5, 5.41) is 1.20. The zero-order valence-corrected chi connectivity index (χ0v) is 11.0. The van der Waals surface area contributed by atoms with Crippen molar-refractivity contribution in [2.75, 3.05) is 0 Å². The highest BCUT2D eigenvalue weighted by atomic mass is 16.3. The van der Waals surface area contributed by atoms with Crippen molar-refractivity contribution in [3.05, 3.63) is 89.7 Å². The van der Waals surface area contributed by atoms with Gasteiger partial charge in [0.15, 0.2) is 0 Å². The van der Waals surface area contributed by atoms with Gasteiger partial charge in [0.05, 0.1) is 0 Å². The van der Waals surface area contributed by atoms with Crippen LogP contribution in [0.4, 0.5) is 0 Å². The molecule has 1 aromatic heterocycles. The van der Waals surface area contributed by atoms with Gasteiger partial charge in [-0.25, -0.2) is 0 Å². The number of para-hydroxylation sites is 1. The van der Waals surface area contributed by atoms with Crippen LogP contribution in [0, 0.1) is 0 Å². The topological polar surface area (TPSA) is 13.1 Å². The standard InChI is InChI=1S/C19H14O/c1-2-8-14(9-3-1)15-10-4-7-13-18-19(15)16-11-5-6-12-17(16)20-18/h1-12H,13H2. The van der Waals surface area contributed by atoms with Crippen LogP contribution in [0.5, 0.6) is 0 Å². The first kappa shape index (κ1) is 11.3. The Hall–Kier alpha value is -2.54. The molecule has 0 amide bonds. The maximum Gasteiger partial charge on any atom is 0.134 e. The first-order valence-corrected chi connectivity index (χ1v) is 6.86. The normalized spacial score (nSPS) is 13.9. The van der Waals surface area contributed by atoms with Crippen molar-refractivity contribution in [3.63, 3.8) is 0 Å². The maximum absolute atomic E-state index is 6.03. The highest BCUT2D eigenvalue weighted by Gasteiger charge is 2.18. The number of hydrogen-bond donors (Lipinski definition) is 0. The van der Waals surface area contributed by atoms with Crippen molar-refractivity contribution in [2.45, 2.75) is 6.42 Å². The van der Waals surface area contributed by atoms with E-state index >= 15 is 0 Å². The third kappa shape index (κ3) is 1.71. The van der Waals surface area contributed by atoms with Gasteiger partial charge in [0.25, 0.3) is 0 Å². The second-order valence-corrected chi connectivity index (χ2v) is 4.98. The zero-order valence-electron chi connectivity index (χ0n) is 11.0. The lowest BCUT2D eigenvalue weighted by atomic mass is 9.95.